The molecule has 2 aromatic carbocycles. The molecule has 1 aromatic heterocycles. The number of fused-ring (bicyclic) bond motifs is 1. The lowest BCUT2D eigenvalue weighted by Gasteiger charge is -2.01. The maximum Gasteiger partial charge on any atom is 0.0810 e. The normalized spacial score (nSPS) is 11.0. The molecule has 0 amide bonds. The van der Waals surface area contributed by atoms with E-state index < -0.39 is 0 Å². The van der Waals surface area contributed by atoms with Crippen molar-refractivity contribution in [1.29, 1.82) is 0 Å². The lowest BCUT2D eigenvalue weighted by molar-refractivity contribution is 1.18. The predicted octanol–water partition coefficient (Wildman–Crippen LogP) is 4.94. The zero-order valence-corrected chi connectivity index (χ0v) is 11.3. The number of H-pyrrole nitrogens is 1. The Morgan fingerprint density at radius 3 is 2.33 bits per heavy atom. The van der Waals surface area contributed by atoms with Crippen LogP contribution in [-0.4, -0.2) is 4.98 Å². The third-order valence-corrected chi connectivity index (χ3v) is 4.28. The van der Waals surface area contributed by atoms with Crippen LogP contribution in [-0.2, 0) is 0 Å². The first kappa shape index (κ1) is 11.4. The Hall–Kier alpha value is -1.67. The molecule has 0 fully saturated rings. The Balaban J connectivity index is 1.99. The van der Waals surface area contributed by atoms with Gasteiger partial charge in [0.1, 0.15) is 0 Å². The highest BCUT2D eigenvalue weighted by molar-refractivity contribution is 7.99. The third-order valence-electron chi connectivity index (χ3n) is 3.16. The van der Waals surface area contributed by atoms with Crippen molar-refractivity contribution in [3.8, 4) is 0 Å². The maximum atomic E-state index is 3.49. The van der Waals surface area contributed by atoms with Crippen molar-refractivity contribution in [2.24, 2.45) is 0 Å². The van der Waals surface area contributed by atoms with E-state index >= 15 is 0 Å². The van der Waals surface area contributed by atoms with Crippen molar-refractivity contribution in [1.82, 2.24) is 4.98 Å². The summed E-state index contributed by atoms with van der Waals surface area (Å²) in [5.41, 5.74) is 3.84. The van der Waals surface area contributed by atoms with Gasteiger partial charge in [-0.25, -0.2) is 0 Å². The van der Waals surface area contributed by atoms with E-state index in [-0.39, 0.29) is 0 Å². The summed E-state index contributed by atoms with van der Waals surface area (Å²) in [6, 6.07) is 17.1. The molecule has 0 spiro atoms. The standard InChI is InChI=1S/C16H15NS/c1-11-7-9-13(10-8-11)18-16-12(2)14-5-3-4-6-15(14)17-16/h3-10,17H,1-2H3. The first-order valence-electron chi connectivity index (χ1n) is 6.06. The van der Waals surface area contributed by atoms with Crippen LogP contribution in [0.15, 0.2) is 58.5 Å². The van der Waals surface area contributed by atoms with Gasteiger partial charge in [-0.3, -0.25) is 0 Å². The van der Waals surface area contributed by atoms with E-state index in [1.54, 1.807) is 11.8 Å². The van der Waals surface area contributed by atoms with E-state index in [2.05, 4.69) is 67.4 Å². The van der Waals surface area contributed by atoms with Gasteiger partial charge in [0.05, 0.1) is 5.03 Å². The van der Waals surface area contributed by atoms with Crippen LogP contribution >= 0.6 is 11.8 Å². The van der Waals surface area contributed by atoms with E-state index in [9.17, 15) is 0 Å². The lowest BCUT2D eigenvalue weighted by atomic mass is 10.2. The number of hydrogen-bond acceptors (Lipinski definition) is 1. The van der Waals surface area contributed by atoms with Gasteiger partial charge in [0.2, 0.25) is 0 Å². The van der Waals surface area contributed by atoms with Crippen LogP contribution < -0.4 is 0 Å². The van der Waals surface area contributed by atoms with Crippen molar-refractivity contribution in [2.75, 3.05) is 0 Å². The average molecular weight is 253 g/mol. The summed E-state index contributed by atoms with van der Waals surface area (Å²) in [4.78, 5) is 4.76. The van der Waals surface area contributed by atoms with Gasteiger partial charge in [0, 0.05) is 15.8 Å². The van der Waals surface area contributed by atoms with Crippen LogP contribution in [0.5, 0.6) is 0 Å². The van der Waals surface area contributed by atoms with Gasteiger partial charge in [-0.05, 0) is 37.6 Å². The molecule has 0 aliphatic heterocycles. The summed E-state index contributed by atoms with van der Waals surface area (Å²) in [5.74, 6) is 0. The van der Waals surface area contributed by atoms with Gasteiger partial charge < -0.3 is 4.98 Å². The first-order chi connectivity index (χ1) is 8.74. The molecule has 0 unspecified atom stereocenters. The van der Waals surface area contributed by atoms with Crippen molar-refractivity contribution in [3.05, 3.63) is 59.7 Å². The summed E-state index contributed by atoms with van der Waals surface area (Å²) < 4.78 is 0. The van der Waals surface area contributed by atoms with Gasteiger partial charge in [0.15, 0.2) is 0 Å². The summed E-state index contributed by atoms with van der Waals surface area (Å²) in [6.45, 7) is 4.29. The molecular formula is C16H15NS. The second kappa shape index (κ2) is 4.54. The Kier molecular flexibility index (Phi) is 2.88. The Morgan fingerprint density at radius 2 is 1.61 bits per heavy atom. The Morgan fingerprint density at radius 1 is 0.889 bits per heavy atom. The molecule has 90 valence electrons. The molecule has 0 atom stereocenters. The van der Waals surface area contributed by atoms with Gasteiger partial charge in [-0.2, -0.15) is 0 Å². The fourth-order valence-electron chi connectivity index (χ4n) is 2.08. The minimum Gasteiger partial charge on any atom is -0.349 e. The minimum atomic E-state index is 1.21. The molecule has 1 N–H and O–H groups in total. The van der Waals surface area contributed by atoms with E-state index in [4.69, 9.17) is 0 Å². The van der Waals surface area contributed by atoms with Crippen LogP contribution in [0.3, 0.4) is 0 Å². The molecular weight excluding hydrogens is 238 g/mol. The molecule has 3 aromatic rings. The zero-order valence-electron chi connectivity index (χ0n) is 10.5. The van der Waals surface area contributed by atoms with Gasteiger partial charge >= 0.3 is 0 Å². The lowest BCUT2D eigenvalue weighted by Crippen LogP contribution is -1.77. The number of aromatic amines is 1. The Labute approximate surface area is 111 Å². The molecule has 0 saturated carbocycles. The molecule has 2 heteroatoms. The summed E-state index contributed by atoms with van der Waals surface area (Å²) >= 11 is 1.79. The maximum absolute atomic E-state index is 3.49. The molecule has 0 saturated heterocycles. The highest BCUT2D eigenvalue weighted by Gasteiger charge is 2.07. The molecule has 3 rings (SSSR count). The highest BCUT2D eigenvalue weighted by Crippen LogP contribution is 2.33. The molecule has 0 bridgehead atoms. The monoisotopic (exact) mass is 253 g/mol. The number of benzene rings is 2. The van der Waals surface area contributed by atoms with Crippen molar-refractivity contribution < 1.29 is 0 Å². The summed E-state index contributed by atoms with van der Waals surface area (Å²) in [7, 11) is 0. The second-order valence-corrected chi connectivity index (χ2v) is 5.62. The van der Waals surface area contributed by atoms with Gasteiger partial charge in [0.25, 0.3) is 0 Å². The molecule has 1 heterocycles. The van der Waals surface area contributed by atoms with Gasteiger partial charge in [-0.1, -0.05) is 47.7 Å². The van der Waals surface area contributed by atoms with Crippen LogP contribution in [0.1, 0.15) is 11.1 Å². The quantitative estimate of drug-likeness (QED) is 0.684. The summed E-state index contributed by atoms with van der Waals surface area (Å²) in [6.07, 6.45) is 0. The average Bonchev–Trinajstić information content (AvgIpc) is 2.70. The van der Waals surface area contributed by atoms with Crippen molar-refractivity contribution in [2.45, 2.75) is 23.8 Å². The third kappa shape index (κ3) is 2.04. The Bertz CT molecular complexity index is 680. The van der Waals surface area contributed by atoms with E-state index in [0.717, 1.165) is 0 Å². The predicted molar refractivity (Wildman–Crippen MR) is 78.3 cm³/mol. The van der Waals surface area contributed by atoms with Crippen LogP contribution in [0.25, 0.3) is 10.9 Å². The molecule has 18 heavy (non-hydrogen) atoms. The largest absolute Gasteiger partial charge is 0.349 e. The molecule has 1 nitrogen and oxygen atoms in total. The second-order valence-electron chi connectivity index (χ2n) is 4.54. The number of para-hydroxylation sites is 1. The first-order valence-corrected chi connectivity index (χ1v) is 6.87. The smallest absolute Gasteiger partial charge is 0.0810 e. The number of aromatic nitrogens is 1. The van der Waals surface area contributed by atoms with Crippen molar-refractivity contribution in [3.63, 3.8) is 0 Å². The van der Waals surface area contributed by atoms with Crippen LogP contribution in [0.2, 0.25) is 0 Å². The highest BCUT2D eigenvalue weighted by atomic mass is 32.2. The number of aryl methyl sites for hydroxylation is 2. The SMILES string of the molecule is Cc1ccc(Sc2[nH]c3ccccc3c2C)cc1. The van der Waals surface area contributed by atoms with Crippen molar-refractivity contribution >= 4 is 22.7 Å². The molecule has 0 aliphatic rings. The minimum absolute atomic E-state index is 1.21. The van der Waals surface area contributed by atoms with Gasteiger partial charge in [-0.15, -0.1) is 0 Å². The van der Waals surface area contributed by atoms with Crippen LogP contribution in [0.4, 0.5) is 0 Å². The number of nitrogens with one attached hydrogen (secondary N) is 1. The van der Waals surface area contributed by atoms with Crippen LogP contribution in [0, 0.1) is 13.8 Å². The fraction of sp³-hybridized carbons (Fsp3) is 0.125. The zero-order chi connectivity index (χ0) is 12.5. The van der Waals surface area contributed by atoms with E-state index in [1.165, 1.54) is 32.0 Å². The number of rotatable bonds is 2. The topological polar surface area (TPSA) is 15.8 Å². The fourth-order valence-corrected chi connectivity index (χ4v) is 3.02. The number of hydrogen-bond donors (Lipinski definition) is 1. The van der Waals surface area contributed by atoms with E-state index in [1.807, 2.05) is 0 Å². The molecule has 0 radical (unpaired) electrons. The van der Waals surface area contributed by atoms with E-state index in [0.29, 0.717) is 0 Å². The summed E-state index contributed by atoms with van der Waals surface area (Å²) in [5, 5.41) is 2.55. The molecule has 0 aliphatic carbocycles.